The Morgan fingerprint density at radius 3 is 2.46 bits per heavy atom. The van der Waals surface area contributed by atoms with E-state index in [1.54, 1.807) is 0 Å². The Hall–Kier alpha value is -1.60. The standard InChI is InChI=1S/C6H6BNO5/c9-4-1-2-6(8(12)13)5(3-4)7(10)11/h1-3,9-11H. The van der Waals surface area contributed by atoms with E-state index >= 15 is 0 Å². The van der Waals surface area contributed by atoms with Gasteiger partial charge in [0.2, 0.25) is 0 Å². The van der Waals surface area contributed by atoms with Gasteiger partial charge >= 0.3 is 7.12 Å². The van der Waals surface area contributed by atoms with Gasteiger partial charge in [-0.15, -0.1) is 0 Å². The van der Waals surface area contributed by atoms with Crippen molar-refractivity contribution in [1.82, 2.24) is 0 Å². The number of hydrogen-bond acceptors (Lipinski definition) is 5. The number of nitro benzene ring substituents is 1. The Labute approximate surface area is 73.4 Å². The van der Waals surface area contributed by atoms with Crippen LogP contribution in [0.5, 0.6) is 5.75 Å². The minimum atomic E-state index is -1.97. The van der Waals surface area contributed by atoms with Crippen molar-refractivity contribution in [2.75, 3.05) is 0 Å². The number of hydrogen-bond donors (Lipinski definition) is 3. The minimum absolute atomic E-state index is 0.256. The molecule has 0 amide bonds. The summed E-state index contributed by atoms with van der Waals surface area (Å²) < 4.78 is 0. The van der Waals surface area contributed by atoms with E-state index in [4.69, 9.17) is 15.2 Å². The molecule has 6 nitrogen and oxygen atoms in total. The molecule has 1 aromatic rings. The predicted octanol–water partition coefficient (Wildman–Crippen LogP) is -1.02. The second-order valence-electron chi connectivity index (χ2n) is 2.37. The highest BCUT2D eigenvalue weighted by atomic mass is 16.6. The maximum Gasteiger partial charge on any atom is 0.495 e. The largest absolute Gasteiger partial charge is 0.508 e. The van der Waals surface area contributed by atoms with Crippen LogP contribution >= 0.6 is 0 Å². The second kappa shape index (κ2) is 3.42. The number of benzene rings is 1. The molecule has 0 spiro atoms. The highest BCUT2D eigenvalue weighted by Gasteiger charge is 2.23. The number of aromatic hydroxyl groups is 1. The SMILES string of the molecule is O=[N+]([O-])c1ccc(O)cc1B(O)O. The van der Waals surface area contributed by atoms with E-state index in [-0.39, 0.29) is 11.2 Å². The van der Waals surface area contributed by atoms with E-state index in [2.05, 4.69) is 0 Å². The maximum absolute atomic E-state index is 10.3. The highest BCUT2D eigenvalue weighted by Crippen LogP contribution is 2.13. The zero-order valence-corrected chi connectivity index (χ0v) is 6.41. The molecule has 1 rings (SSSR count). The summed E-state index contributed by atoms with van der Waals surface area (Å²) >= 11 is 0. The van der Waals surface area contributed by atoms with Crippen LogP contribution in [-0.4, -0.2) is 27.2 Å². The Kier molecular flexibility index (Phi) is 2.50. The molecule has 68 valence electrons. The summed E-state index contributed by atoms with van der Waals surface area (Å²) in [5.74, 6) is -0.256. The Morgan fingerprint density at radius 1 is 1.38 bits per heavy atom. The molecule has 13 heavy (non-hydrogen) atoms. The molecule has 1 aromatic carbocycles. The predicted molar refractivity (Wildman–Crippen MR) is 44.6 cm³/mol. The maximum atomic E-state index is 10.3. The van der Waals surface area contributed by atoms with Crippen LogP contribution in [0.2, 0.25) is 0 Å². The first-order valence-corrected chi connectivity index (χ1v) is 3.36. The first kappa shape index (κ1) is 9.49. The summed E-state index contributed by atoms with van der Waals surface area (Å²) in [4.78, 5) is 9.58. The Morgan fingerprint density at radius 2 is 2.00 bits per heavy atom. The second-order valence-corrected chi connectivity index (χ2v) is 2.37. The van der Waals surface area contributed by atoms with Gasteiger partial charge in [0.15, 0.2) is 0 Å². The molecule has 0 saturated heterocycles. The molecule has 0 atom stereocenters. The van der Waals surface area contributed by atoms with Crippen LogP contribution in [0.1, 0.15) is 0 Å². The molecule has 0 aliphatic carbocycles. The van der Waals surface area contributed by atoms with Crippen molar-refractivity contribution in [2.45, 2.75) is 0 Å². The van der Waals surface area contributed by atoms with Crippen molar-refractivity contribution in [1.29, 1.82) is 0 Å². The summed E-state index contributed by atoms with van der Waals surface area (Å²) in [5.41, 5.74) is -0.766. The highest BCUT2D eigenvalue weighted by molar-refractivity contribution is 6.60. The van der Waals surface area contributed by atoms with Crippen molar-refractivity contribution in [3.8, 4) is 5.75 Å². The fourth-order valence-electron chi connectivity index (χ4n) is 0.915. The summed E-state index contributed by atoms with van der Waals surface area (Å²) in [5, 5.41) is 36.7. The fourth-order valence-corrected chi connectivity index (χ4v) is 0.915. The van der Waals surface area contributed by atoms with Gasteiger partial charge in [-0.3, -0.25) is 10.1 Å². The lowest BCUT2D eigenvalue weighted by Crippen LogP contribution is -2.31. The number of rotatable bonds is 2. The third-order valence-electron chi connectivity index (χ3n) is 1.49. The molecule has 0 radical (unpaired) electrons. The zero-order chi connectivity index (χ0) is 10.0. The lowest BCUT2D eigenvalue weighted by molar-refractivity contribution is -0.383. The number of nitrogens with zero attached hydrogens (tertiary/aromatic N) is 1. The van der Waals surface area contributed by atoms with Gasteiger partial charge in [-0.25, -0.2) is 0 Å². The number of phenolic OH excluding ortho intramolecular Hbond substituents is 1. The van der Waals surface area contributed by atoms with Crippen LogP contribution in [0.4, 0.5) is 5.69 Å². The molecular weight excluding hydrogens is 177 g/mol. The molecule has 0 unspecified atom stereocenters. The summed E-state index contributed by atoms with van der Waals surface area (Å²) in [6.07, 6.45) is 0. The number of nitro groups is 1. The molecule has 0 aromatic heterocycles. The van der Waals surface area contributed by atoms with Gasteiger partial charge in [-0.05, 0) is 12.1 Å². The molecule has 7 heteroatoms. The normalized spacial score (nSPS) is 9.69. The van der Waals surface area contributed by atoms with Gasteiger partial charge in [0.05, 0.1) is 10.4 Å². The summed E-state index contributed by atoms with van der Waals surface area (Å²) in [7, 11) is -1.97. The molecular formula is C6H6BNO5. The van der Waals surface area contributed by atoms with Crippen molar-refractivity contribution in [2.24, 2.45) is 0 Å². The lowest BCUT2D eigenvalue weighted by atomic mass is 9.79. The minimum Gasteiger partial charge on any atom is -0.508 e. The van der Waals surface area contributed by atoms with Crippen molar-refractivity contribution < 1.29 is 20.1 Å². The van der Waals surface area contributed by atoms with E-state index in [1.165, 1.54) is 0 Å². The lowest BCUT2D eigenvalue weighted by Gasteiger charge is -2.01. The molecule has 3 N–H and O–H groups in total. The molecule has 0 heterocycles. The molecule has 0 aliphatic heterocycles. The van der Waals surface area contributed by atoms with Crippen LogP contribution in [0.25, 0.3) is 0 Å². The third-order valence-corrected chi connectivity index (χ3v) is 1.49. The monoisotopic (exact) mass is 183 g/mol. The Balaban J connectivity index is 3.26. The molecule has 0 aliphatic rings. The van der Waals surface area contributed by atoms with E-state index in [0.717, 1.165) is 18.2 Å². The van der Waals surface area contributed by atoms with E-state index in [9.17, 15) is 10.1 Å². The average molecular weight is 183 g/mol. The molecule has 0 bridgehead atoms. The third kappa shape index (κ3) is 1.95. The van der Waals surface area contributed by atoms with Crippen LogP contribution in [0, 0.1) is 10.1 Å². The van der Waals surface area contributed by atoms with Gasteiger partial charge in [0.25, 0.3) is 5.69 Å². The van der Waals surface area contributed by atoms with Gasteiger partial charge in [-0.1, -0.05) is 0 Å². The quantitative estimate of drug-likeness (QED) is 0.309. The summed E-state index contributed by atoms with van der Waals surface area (Å²) in [6.45, 7) is 0. The van der Waals surface area contributed by atoms with Gasteiger partial charge in [-0.2, -0.15) is 0 Å². The fraction of sp³-hybridized carbons (Fsp3) is 0. The Bertz CT molecular complexity index is 340. The van der Waals surface area contributed by atoms with Crippen molar-refractivity contribution >= 4 is 18.3 Å². The van der Waals surface area contributed by atoms with Gasteiger partial charge in [0, 0.05) is 6.07 Å². The number of phenols is 1. The average Bonchev–Trinajstić information content (AvgIpc) is 2.03. The topological polar surface area (TPSA) is 104 Å². The van der Waals surface area contributed by atoms with Crippen molar-refractivity contribution in [3.05, 3.63) is 28.3 Å². The molecule has 0 fully saturated rings. The van der Waals surface area contributed by atoms with Crippen LogP contribution in [0.15, 0.2) is 18.2 Å². The van der Waals surface area contributed by atoms with Crippen LogP contribution in [-0.2, 0) is 0 Å². The zero-order valence-electron chi connectivity index (χ0n) is 6.41. The van der Waals surface area contributed by atoms with Crippen molar-refractivity contribution in [3.63, 3.8) is 0 Å². The first-order chi connectivity index (χ1) is 6.02. The molecule has 0 saturated carbocycles. The summed E-state index contributed by atoms with van der Waals surface area (Å²) in [6, 6.07) is 3.04. The van der Waals surface area contributed by atoms with Crippen LogP contribution < -0.4 is 5.46 Å². The van der Waals surface area contributed by atoms with Gasteiger partial charge < -0.3 is 15.2 Å². The van der Waals surface area contributed by atoms with E-state index < -0.39 is 17.7 Å². The van der Waals surface area contributed by atoms with Crippen LogP contribution in [0.3, 0.4) is 0 Å². The van der Waals surface area contributed by atoms with Gasteiger partial charge in [0.1, 0.15) is 5.75 Å². The smallest absolute Gasteiger partial charge is 0.495 e. The van der Waals surface area contributed by atoms with E-state index in [0.29, 0.717) is 0 Å². The first-order valence-electron chi connectivity index (χ1n) is 3.36. The van der Waals surface area contributed by atoms with E-state index in [1.807, 2.05) is 0 Å².